The van der Waals surface area contributed by atoms with E-state index in [2.05, 4.69) is 52.1 Å². The zero-order valence-electron chi connectivity index (χ0n) is 26.9. The molecule has 3 saturated heterocycles. The lowest BCUT2D eigenvalue weighted by Crippen LogP contribution is -2.36. The summed E-state index contributed by atoms with van der Waals surface area (Å²) >= 11 is 6.20. The van der Waals surface area contributed by atoms with Crippen LogP contribution in [-0.2, 0) is 29.1 Å². The molecule has 6 rings (SSSR count). The van der Waals surface area contributed by atoms with Crippen molar-refractivity contribution in [2.75, 3.05) is 45.0 Å². The molecule has 3 fully saturated rings. The van der Waals surface area contributed by atoms with Gasteiger partial charge in [0.05, 0.1) is 0 Å². The molecule has 0 radical (unpaired) electrons. The minimum atomic E-state index is -3.69. The summed E-state index contributed by atoms with van der Waals surface area (Å²) in [5.74, 6) is 0.234. The number of halogens is 3. The van der Waals surface area contributed by atoms with Crippen LogP contribution in [0, 0.1) is 0 Å². The molecule has 3 aliphatic heterocycles. The van der Waals surface area contributed by atoms with Gasteiger partial charge in [0.2, 0.25) is 0 Å². The third kappa shape index (κ3) is 14.1. The van der Waals surface area contributed by atoms with E-state index >= 15 is 0 Å². The topological polar surface area (TPSA) is 186 Å². The van der Waals surface area contributed by atoms with Crippen LogP contribution in [0.1, 0.15) is 57.8 Å². The Kier molecular flexibility index (Phi) is 17.3. The van der Waals surface area contributed by atoms with Crippen LogP contribution in [0.25, 0.3) is 0 Å². The SMILES string of the molecule is C1CCNCC1.Nc1cccc(S(=O)(=O)N2CCCCC2)n1.O=S(=O)(Cl)c1cccc(Br)n1.O=S(=O)(c1cccc(Br)n1)N1CCCCC1. The third-order valence-electron chi connectivity index (χ3n) is 7.42. The van der Waals surface area contributed by atoms with Crippen molar-refractivity contribution < 1.29 is 25.3 Å². The number of anilines is 1. The quantitative estimate of drug-likeness (QED) is 0.247. The first kappa shape index (κ1) is 41.6. The van der Waals surface area contributed by atoms with Gasteiger partial charge in [-0.05, 0) is 120 Å². The molecule has 6 heterocycles. The number of piperidine rings is 3. The van der Waals surface area contributed by atoms with E-state index in [4.69, 9.17) is 16.4 Å². The van der Waals surface area contributed by atoms with E-state index in [-0.39, 0.29) is 20.9 Å². The predicted molar refractivity (Wildman–Crippen MR) is 198 cm³/mol. The number of rotatable bonds is 5. The van der Waals surface area contributed by atoms with Gasteiger partial charge in [-0.1, -0.05) is 37.5 Å². The molecule has 0 atom stereocenters. The van der Waals surface area contributed by atoms with E-state index < -0.39 is 29.1 Å². The first-order valence-electron chi connectivity index (χ1n) is 15.8. The van der Waals surface area contributed by atoms with Crippen molar-refractivity contribution in [3.63, 3.8) is 0 Å². The molecule has 0 aliphatic carbocycles. The van der Waals surface area contributed by atoms with Crippen molar-refractivity contribution in [3.05, 3.63) is 63.8 Å². The Morgan fingerprint density at radius 2 is 0.959 bits per heavy atom. The van der Waals surface area contributed by atoms with Crippen LogP contribution in [0.15, 0.2) is 78.9 Å². The minimum Gasteiger partial charge on any atom is -0.384 e. The minimum absolute atomic E-state index is 0.0504. The molecular weight excluding hydrogens is 846 g/mol. The van der Waals surface area contributed by atoms with Gasteiger partial charge in [0.15, 0.2) is 15.1 Å². The second-order valence-corrected chi connectivity index (χ2v) is 19.1. The molecule has 0 unspecified atom stereocenters. The van der Waals surface area contributed by atoms with Gasteiger partial charge in [-0.15, -0.1) is 0 Å². The molecule has 0 saturated carbocycles. The predicted octanol–water partition coefficient (Wildman–Crippen LogP) is 5.39. The number of nitrogen functional groups attached to an aromatic ring is 1. The molecule has 0 aromatic carbocycles. The molecule has 0 spiro atoms. The van der Waals surface area contributed by atoms with Crippen LogP contribution >= 0.6 is 42.5 Å². The third-order valence-corrected chi connectivity index (χ3v) is 13.1. The second-order valence-electron chi connectivity index (χ2n) is 11.2. The standard InChI is InChI=1S/C10H13BrN2O2S.C10H15N3O2S.C5H3BrClNO2S.C5H11N/c2*11-9-5-4-6-10(12-9)16(14,15)13-7-2-1-3-8-13;6-4-2-1-3-5(8-4)11(7,9)10;1-2-4-6-5-3-1/h4-6H,1-3,7-8H2;4-6H,1-3,7-8H2,(H2,11,12);1-3H;6H,1-5H2. The van der Waals surface area contributed by atoms with Crippen molar-refractivity contribution in [1.82, 2.24) is 28.9 Å². The summed E-state index contributed by atoms with van der Waals surface area (Å²) in [5.41, 5.74) is 5.49. The van der Waals surface area contributed by atoms with Crippen LogP contribution in [0.3, 0.4) is 0 Å². The van der Waals surface area contributed by atoms with E-state index in [0.29, 0.717) is 35.4 Å². The molecule has 272 valence electrons. The van der Waals surface area contributed by atoms with E-state index in [9.17, 15) is 25.3 Å². The Morgan fingerprint density at radius 3 is 1.31 bits per heavy atom. The summed E-state index contributed by atoms with van der Waals surface area (Å²) in [6.07, 6.45) is 10.1. The number of nitrogens with one attached hydrogen (secondary N) is 1. The fourth-order valence-electron chi connectivity index (χ4n) is 4.91. The monoisotopic (exact) mass is 885 g/mol. The molecular formula is C30H42Br2ClN7O6S3. The normalized spacial score (nSPS) is 17.6. The fraction of sp³-hybridized carbons (Fsp3) is 0.500. The highest BCUT2D eigenvalue weighted by Gasteiger charge is 2.28. The Bertz CT molecular complexity index is 1710. The van der Waals surface area contributed by atoms with Crippen molar-refractivity contribution in [2.24, 2.45) is 0 Å². The fourth-order valence-corrected chi connectivity index (χ4v) is 9.48. The first-order chi connectivity index (χ1) is 23.2. The number of aromatic nitrogens is 3. The van der Waals surface area contributed by atoms with Gasteiger partial charge in [0.1, 0.15) is 15.0 Å². The Labute approximate surface area is 311 Å². The van der Waals surface area contributed by atoms with Crippen LogP contribution < -0.4 is 11.1 Å². The Hall–Kier alpha value is -1.77. The lowest BCUT2D eigenvalue weighted by molar-refractivity contribution is 0.345. The highest BCUT2D eigenvalue weighted by atomic mass is 79.9. The smallest absolute Gasteiger partial charge is 0.278 e. The molecule has 3 aromatic heterocycles. The maximum atomic E-state index is 12.2. The van der Waals surface area contributed by atoms with E-state index in [1.165, 1.54) is 59.2 Å². The number of hydrogen-bond donors (Lipinski definition) is 2. The molecule has 13 nitrogen and oxygen atoms in total. The van der Waals surface area contributed by atoms with Crippen molar-refractivity contribution >= 4 is 77.5 Å². The van der Waals surface area contributed by atoms with Crippen LogP contribution in [0.2, 0.25) is 0 Å². The molecule has 3 aromatic rings. The van der Waals surface area contributed by atoms with Gasteiger partial charge in [-0.25, -0.2) is 40.2 Å². The number of nitrogens with two attached hydrogens (primary N) is 1. The highest BCUT2D eigenvalue weighted by molar-refractivity contribution is 9.10. The maximum absolute atomic E-state index is 12.2. The lowest BCUT2D eigenvalue weighted by atomic mass is 10.2. The molecule has 19 heteroatoms. The van der Waals surface area contributed by atoms with Gasteiger partial charge in [0.25, 0.3) is 29.1 Å². The summed E-state index contributed by atoms with van der Waals surface area (Å²) in [6, 6.07) is 14.1. The van der Waals surface area contributed by atoms with Gasteiger partial charge >= 0.3 is 0 Å². The van der Waals surface area contributed by atoms with Gasteiger partial charge < -0.3 is 11.1 Å². The van der Waals surface area contributed by atoms with E-state index in [0.717, 1.165) is 38.5 Å². The molecule has 3 aliphatic rings. The van der Waals surface area contributed by atoms with E-state index in [1.807, 2.05) is 0 Å². The molecule has 0 amide bonds. The molecule has 3 N–H and O–H groups in total. The van der Waals surface area contributed by atoms with E-state index in [1.54, 1.807) is 36.4 Å². The summed E-state index contributed by atoms with van der Waals surface area (Å²) in [6.45, 7) is 4.88. The average molecular weight is 888 g/mol. The lowest BCUT2D eigenvalue weighted by Gasteiger charge is -2.25. The van der Waals surface area contributed by atoms with Crippen LogP contribution in [-0.4, -0.2) is 88.1 Å². The number of hydrogen-bond acceptors (Lipinski definition) is 11. The largest absolute Gasteiger partial charge is 0.384 e. The van der Waals surface area contributed by atoms with Gasteiger partial charge in [0, 0.05) is 36.9 Å². The van der Waals surface area contributed by atoms with Crippen molar-refractivity contribution in [3.8, 4) is 0 Å². The zero-order valence-corrected chi connectivity index (χ0v) is 33.3. The summed E-state index contributed by atoms with van der Waals surface area (Å²) < 4.78 is 74.0. The Morgan fingerprint density at radius 1 is 0.571 bits per heavy atom. The van der Waals surface area contributed by atoms with Gasteiger partial charge in [-0.3, -0.25) is 0 Å². The highest BCUT2D eigenvalue weighted by Crippen LogP contribution is 2.21. The summed E-state index contributed by atoms with van der Waals surface area (Å²) in [5, 5.41) is 3.32. The summed E-state index contributed by atoms with van der Waals surface area (Å²) in [7, 11) is -5.51. The van der Waals surface area contributed by atoms with Crippen LogP contribution in [0.4, 0.5) is 5.82 Å². The molecule has 49 heavy (non-hydrogen) atoms. The first-order valence-corrected chi connectivity index (χ1v) is 22.6. The van der Waals surface area contributed by atoms with Crippen molar-refractivity contribution in [2.45, 2.75) is 72.9 Å². The Balaban J connectivity index is 0.000000186. The second kappa shape index (κ2) is 20.3. The van der Waals surface area contributed by atoms with Gasteiger partial charge in [-0.2, -0.15) is 8.61 Å². The number of pyridine rings is 3. The number of sulfonamides is 2. The van der Waals surface area contributed by atoms with Crippen LogP contribution in [0.5, 0.6) is 0 Å². The zero-order chi connectivity index (χ0) is 35.9. The average Bonchev–Trinajstić information content (AvgIpc) is 3.10. The number of nitrogens with zero attached hydrogens (tertiary/aromatic N) is 5. The van der Waals surface area contributed by atoms with Crippen molar-refractivity contribution in [1.29, 1.82) is 0 Å². The molecule has 0 bridgehead atoms. The maximum Gasteiger partial charge on any atom is 0.278 e. The summed E-state index contributed by atoms with van der Waals surface area (Å²) in [4.78, 5) is 11.5.